The van der Waals surface area contributed by atoms with Gasteiger partial charge in [0.1, 0.15) is 0 Å². The zero-order chi connectivity index (χ0) is 24.1. The van der Waals surface area contributed by atoms with E-state index in [1.165, 1.54) is 6.08 Å². The number of nitrogens with one attached hydrogen (secondary N) is 1. The molecule has 34 heavy (non-hydrogen) atoms. The molecule has 0 unspecified atom stereocenters. The van der Waals surface area contributed by atoms with Gasteiger partial charge in [-0.15, -0.1) is 0 Å². The molecule has 0 radical (unpaired) electrons. The fourth-order valence-corrected chi connectivity index (χ4v) is 3.80. The Morgan fingerprint density at radius 1 is 1.00 bits per heavy atom. The third-order valence-corrected chi connectivity index (χ3v) is 5.63. The number of carbonyl (C=O) groups is 2. The molecule has 0 aliphatic rings. The first-order valence-electron chi connectivity index (χ1n) is 10.9. The van der Waals surface area contributed by atoms with Crippen LogP contribution in [0.5, 0.6) is 0 Å². The minimum Gasteiger partial charge on any atom is -0.478 e. The van der Waals surface area contributed by atoms with Gasteiger partial charge in [0.25, 0.3) is 0 Å². The van der Waals surface area contributed by atoms with Gasteiger partial charge in [-0.2, -0.15) is 0 Å². The summed E-state index contributed by atoms with van der Waals surface area (Å²) in [5.74, 6) is -1.49. The monoisotopic (exact) mass is 451 g/mol. The minimum atomic E-state index is -1.11. The summed E-state index contributed by atoms with van der Waals surface area (Å²) >= 11 is 0. The van der Waals surface area contributed by atoms with Crippen molar-refractivity contribution < 1.29 is 14.7 Å². The van der Waals surface area contributed by atoms with Crippen molar-refractivity contribution in [1.82, 2.24) is 4.98 Å². The molecule has 1 heterocycles. The Hall–Kier alpha value is -4.45. The van der Waals surface area contributed by atoms with Crippen molar-refractivity contribution in [2.24, 2.45) is 0 Å². The topological polar surface area (TPSA) is 82.5 Å². The molecule has 0 aliphatic heterocycles. The zero-order valence-electron chi connectivity index (χ0n) is 19.0. The average Bonchev–Trinajstić information content (AvgIpc) is 2.84. The number of nitrogens with zero attached hydrogens (tertiary/aromatic N) is 2. The standard InChI is InChI=1S/C28H25N3O3/c1-19(22-10-9-21-7-3-4-8-23(21)15-22)14-27(32)30-26-12-11-24(16-25(26)28(33)34)31(2)18-20-6-5-13-29-17-20/h3-17H,18H2,1-2H3,(H,30,32)(H,33,34)/b19-14-. The molecule has 6 heteroatoms. The number of fused-ring (bicyclic) bond motifs is 1. The molecule has 4 rings (SSSR count). The molecule has 3 aromatic carbocycles. The summed E-state index contributed by atoms with van der Waals surface area (Å²) < 4.78 is 0. The van der Waals surface area contributed by atoms with E-state index < -0.39 is 5.97 Å². The Bertz CT molecular complexity index is 1380. The summed E-state index contributed by atoms with van der Waals surface area (Å²) in [6.07, 6.45) is 4.96. The molecule has 0 bridgehead atoms. The Morgan fingerprint density at radius 3 is 2.53 bits per heavy atom. The van der Waals surface area contributed by atoms with Gasteiger partial charge in [-0.1, -0.05) is 42.5 Å². The molecule has 170 valence electrons. The summed E-state index contributed by atoms with van der Waals surface area (Å²) in [6, 6.07) is 22.8. The van der Waals surface area contributed by atoms with E-state index >= 15 is 0 Å². The fourth-order valence-electron chi connectivity index (χ4n) is 3.80. The predicted octanol–water partition coefficient (Wildman–Crippen LogP) is 5.61. The van der Waals surface area contributed by atoms with Crippen LogP contribution >= 0.6 is 0 Å². The molecule has 0 spiro atoms. The number of hydrogen-bond acceptors (Lipinski definition) is 4. The SMILES string of the molecule is C/C(=C/C(=O)Nc1ccc(N(C)Cc2cccnc2)cc1C(=O)O)c1ccc2ccccc2c1. The number of amides is 1. The van der Waals surface area contributed by atoms with Gasteiger partial charge < -0.3 is 15.3 Å². The number of hydrogen-bond donors (Lipinski definition) is 2. The quantitative estimate of drug-likeness (QED) is 0.357. The van der Waals surface area contributed by atoms with Crippen LogP contribution in [0, 0.1) is 0 Å². The van der Waals surface area contributed by atoms with Crippen LogP contribution in [0.2, 0.25) is 0 Å². The van der Waals surface area contributed by atoms with Crippen LogP contribution in [0.15, 0.2) is 91.3 Å². The number of anilines is 2. The fraction of sp³-hybridized carbons (Fsp3) is 0.107. The number of rotatable bonds is 7. The van der Waals surface area contributed by atoms with E-state index in [0.29, 0.717) is 6.54 Å². The van der Waals surface area contributed by atoms with Crippen molar-refractivity contribution in [3.8, 4) is 0 Å². The number of aromatic carboxylic acids is 1. The van der Waals surface area contributed by atoms with Crippen LogP contribution in [-0.4, -0.2) is 29.0 Å². The van der Waals surface area contributed by atoms with Crippen molar-refractivity contribution in [2.45, 2.75) is 13.5 Å². The maximum atomic E-state index is 12.7. The molecule has 6 nitrogen and oxygen atoms in total. The third kappa shape index (κ3) is 5.30. The first kappa shape index (κ1) is 22.7. The van der Waals surface area contributed by atoms with Crippen LogP contribution in [0.3, 0.4) is 0 Å². The molecule has 0 atom stereocenters. The molecular formula is C28H25N3O3. The second kappa shape index (κ2) is 10.0. The maximum Gasteiger partial charge on any atom is 0.337 e. The van der Waals surface area contributed by atoms with Crippen molar-refractivity contribution in [2.75, 3.05) is 17.3 Å². The Kier molecular flexibility index (Phi) is 6.69. The van der Waals surface area contributed by atoms with Crippen molar-refractivity contribution >= 4 is 39.6 Å². The van der Waals surface area contributed by atoms with E-state index in [1.54, 1.807) is 30.6 Å². The molecule has 2 N–H and O–H groups in total. The first-order valence-corrected chi connectivity index (χ1v) is 10.9. The van der Waals surface area contributed by atoms with Crippen molar-refractivity contribution in [3.63, 3.8) is 0 Å². The van der Waals surface area contributed by atoms with Gasteiger partial charge in [0, 0.05) is 37.7 Å². The Morgan fingerprint density at radius 2 is 1.79 bits per heavy atom. The molecular weight excluding hydrogens is 426 g/mol. The molecule has 0 saturated carbocycles. The highest BCUT2D eigenvalue weighted by molar-refractivity contribution is 6.07. The van der Waals surface area contributed by atoms with Crippen LogP contribution in [0.1, 0.15) is 28.4 Å². The summed E-state index contributed by atoms with van der Waals surface area (Å²) in [6.45, 7) is 2.44. The highest BCUT2D eigenvalue weighted by atomic mass is 16.4. The van der Waals surface area contributed by atoms with Gasteiger partial charge in [0.05, 0.1) is 11.3 Å². The number of benzene rings is 3. The van der Waals surface area contributed by atoms with E-state index in [-0.39, 0.29) is 17.2 Å². The lowest BCUT2D eigenvalue weighted by Crippen LogP contribution is -2.18. The van der Waals surface area contributed by atoms with Gasteiger partial charge in [-0.05, 0) is 64.7 Å². The Labute approximate surface area is 198 Å². The summed E-state index contributed by atoms with van der Waals surface area (Å²) in [7, 11) is 1.88. The maximum absolute atomic E-state index is 12.7. The largest absolute Gasteiger partial charge is 0.478 e. The number of pyridine rings is 1. The first-order chi connectivity index (χ1) is 16.4. The Balaban J connectivity index is 1.52. The minimum absolute atomic E-state index is 0.0284. The van der Waals surface area contributed by atoms with Gasteiger partial charge in [0.15, 0.2) is 0 Å². The number of carboxylic acids is 1. The van der Waals surface area contributed by atoms with E-state index in [4.69, 9.17) is 0 Å². The second-order valence-electron chi connectivity index (χ2n) is 8.13. The van der Waals surface area contributed by atoms with Crippen LogP contribution < -0.4 is 10.2 Å². The molecule has 4 aromatic rings. The molecule has 1 aromatic heterocycles. The average molecular weight is 452 g/mol. The molecule has 1 amide bonds. The third-order valence-electron chi connectivity index (χ3n) is 5.63. The van der Waals surface area contributed by atoms with Gasteiger partial charge in [-0.3, -0.25) is 9.78 Å². The summed E-state index contributed by atoms with van der Waals surface area (Å²) in [4.78, 5) is 30.6. The number of carbonyl (C=O) groups excluding carboxylic acids is 1. The van der Waals surface area contributed by atoms with Gasteiger partial charge in [-0.25, -0.2) is 4.79 Å². The molecule has 0 aliphatic carbocycles. The highest BCUT2D eigenvalue weighted by Gasteiger charge is 2.15. The highest BCUT2D eigenvalue weighted by Crippen LogP contribution is 2.25. The summed E-state index contributed by atoms with van der Waals surface area (Å²) in [5.41, 5.74) is 3.72. The second-order valence-corrected chi connectivity index (χ2v) is 8.13. The van der Waals surface area contributed by atoms with E-state index in [1.807, 2.05) is 73.5 Å². The van der Waals surface area contributed by atoms with Crippen LogP contribution in [0.25, 0.3) is 16.3 Å². The van der Waals surface area contributed by atoms with E-state index in [2.05, 4.69) is 10.3 Å². The van der Waals surface area contributed by atoms with Crippen LogP contribution in [-0.2, 0) is 11.3 Å². The number of allylic oxidation sites excluding steroid dienone is 1. The molecule has 0 saturated heterocycles. The zero-order valence-corrected chi connectivity index (χ0v) is 19.0. The van der Waals surface area contributed by atoms with E-state index in [9.17, 15) is 14.7 Å². The van der Waals surface area contributed by atoms with Gasteiger partial charge in [0.2, 0.25) is 5.91 Å². The van der Waals surface area contributed by atoms with Gasteiger partial charge >= 0.3 is 5.97 Å². The lowest BCUT2D eigenvalue weighted by atomic mass is 10.0. The van der Waals surface area contributed by atoms with Crippen molar-refractivity contribution in [1.29, 1.82) is 0 Å². The lowest BCUT2D eigenvalue weighted by molar-refractivity contribution is -0.111. The number of carboxylic acid groups (broad SMARTS) is 1. The molecule has 0 fully saturated rings. The predicted molar refractivity (Wildman–Crippen MR) is 136 cm³/mol. The van der Waals surface area contributed by atoms with Crippen LogP contribution in [0.4, 0.5) is 11.4 Å². The smallest absolute Gasteiger partial charge is 0.337 e. The normalized spacial score (nSPS) is 11.3. The van der Waals surface area contributed by atoms with Crippen molar-refractivity contribution in [3.05, 3.63) is 108 Å². The number of aromatic nitrogens is 1. The summed E-state index contributed by atoms with van der Waals surface area (Å²) in [5, 5.41) is 14.7. The van der Waals surface area contributed by atoms with E-state index in [0.717, 1.165) is 33.2 Å². The lowest BCUT2D eigenvalue weighted by Gasteiger charge is -2.20.